The van der Waals surface area contributed by atoms with Crippen LogP contribution in [0.4, 0.5) is 5.82 Å². The molecule has 0 fully saturated rings. The summed E-state index contributed by atoms with van der Waals surface area (Å²) in [5.74, 6) is 1.02. The van der Waals surface area contributed by atoms with Gasteiger partial charge in [0.1, 0.15) is 11.6 Å². The minimum absolute atomic E-state index is 0.194. The van der Waals surface area contributed by atoms with Crippen molar-refractivity contribution in [2.45, 2.75) is 0 Å². The number of benzene rings is 1. The van der Waals surface area contributed by atoms with E-state index in [0.29, 0.717) is 17.3 Å². The summed E-state index contributed by atoms with van der Waals surface area (Å²) < 4.78 is 6.42. The molecule has 1 heterocycles. The first-order valence-electron chi connectivity index (χ1n) is 4.42. The van der Waals surface area contributed by atoms with Crippen molar-refractivity contribution in [2.75, 3.05) is 12.8 Å². The lowest BCUT2D eigenvalue weighted by molar-refractivity contribution is 0.414. The standard InChI is InChI=1S/C10H11N3O2/c1-15-8-4-2-3-7(5-8)13-10(14)6-9(11)12-13/h2-6,12H,11H2,1H3. The van der Waals surface area contributed by atoms with Crippen LogP contribution in [-0.2, 0) is 0 Å². The highest BCUT2D eigenvalue weighted by atomic mass is 16.5. The Hall–Kier alpha value is -2.17. The number of aromatic nitrogens is 2. The molecule has 2 aromatic rings. The van der Waals surface area contributed by atoms with Gasteiger partial charge in [-0.1, -0.05) is 6.07 Å². The molecule has 0 atom stereocenters. The van der Waals surface area contributed by atoms with Gasteiger partial charge in [0.05, 0.1) is 12.8 Å². The summed E-state index contributed by atoms with van der Waals surface area (Å²) in [5, 5.41) is 2.74. The third-order valence-electron chi connectivity index (χ3n) is 2.05. The molecule has 0 bridgehead atoms. The molecule has 1 aromatic heterocycles. The van der Waals surface area contributed by atoms with Crippen LogP contribution in [0.25, 0.3) is 5.69 Å². The molecule has 78 valence electrons. The average Bonchev–Trinajstić information content (AvgIpc) is 2.58. The van der Waals surface area contributed by atoms with Crippen LogP contribution in [0.15, 0.2) is 35.1 Å². The fourth-order valence-corrected chi connectivity index (χ4v) is 1.36. The summed E-state index contributed by atoms with van der Waals surface area (Å²) in [6, 6.07) is 8.48. The van der Waals surface area contributed by atoms with Gasteiger partial charge in [0.2, 0.25) is 0 Å². The van der Waals surface area contributed by atoms with Crippen LogP contribution in [0, 0.1) is 0 Å². The van der Waals surface area contributed by atoms with Gasteiger partial charge < -0.3 is 10.5 Å². The van der Waals surface area contributed by atoms with Crippen molar-refractivity contribution < 1.29 is 4.74 Å². The topological polar surface area (TPSA) is 73.0 Å². The fraction of sp³-hybridized carbons (Fsp3) is 0.100. The molecule has 0 aliphatic heterocycles. The van der Waals surface area contributed by atoms with E-state index in [9.17, 15) is 4.79 Å². The zero-order chi connectivity index (χ0) is 10.8. The van der Waals surface area contributed by atoms with Crippen molar-refractivity contribution in [3.05, 3.63) is 40.7 Å². The lowest BCUT2D eigenvalue weighted by Crippen LogP contribution is -2.13. The van der Waals surface area contributed by atoms with E-state index < -0.39 is 0 Å². The van der Waals surface area contributed by atoms with E-state index in [4.69, 9.17) is 10.5 Å². The number of aromatic amines is 1. The summed E-state index contributed by atoms with van der Waals surface area (Å²) in [7, 11) is 1.57. The van der Waals surface area contributed by atoms with Crippen molar-refractivity contribution in [1.29, 1.82) is 0 Å². The molecule has 0 saturated carbocycles. The number of hydrogen-bond acceptors (Lipinski definition) is 3. The second-order valence-corrected chi connectivity index (χ2v) is 3.09. The second kappa shape index (κ2) is 3.53. The van der Waals surface area contributed by atoms with Crippen LogP contribution >= 0.6 is 0 Å². The quantitative estimate of drug-likeness (QED) is 0.760. The van der Waals surface area contributed by atoms with E-state index >= 15 is 0 Å². The van der Waals surface area contributed by atoms with Crippen molar-refractivity contribution >= 4 is 5.82 Å². The molecule has 0 aliphatic carbocycles. The molecule has 1 aromatic carbocycles. The lowest BCUT2D eigenvalue weighted by Gasteiger charge is -2.04. The van der Waals surface area contributed by atoms with Gasteiger partial charge in [0, 0.05) is 12.1 Å². The maximum atomic E-state index is 11.5. The van der Waals surface area contributed by atoms with Crippen LogP contribution in [0.1, 0.15) is 0 Å². The Morgan fingerprint density at radius 2 is 2.20 bits per heavy atom. The smallest absolute Gasteiger partial charge is 0.273 e. The Balaban J connectivity index is 2.53. The number of anilines is 1. The number of nitrogen functional groups attached to an aromatic ring is 1. The van der Waals surface area contributed by atoms with Crippen LogP contribution < -0.4 is 16.0 Å². The largest absolute Gasteiger partial charge is 0.497 e. The number of hydrogen-bond donors (Lipinski definition) is 2. The summed E-state index contributed by atoms with van der Waals surface area (Å²) >= 11 is 0. The Bertz CT molecular complexity index is 527. The summed E-state index contributed by atoms with van der Waals surface area (Å²) in [6.07, 6.45) is 0. The molecule has 15 heavy (non-hydrogen) atoms. The molecule has 5 nitrogen and oxygen atoms in total. The molecule has 0 unspecified atom stereocenters. The monoisotopic (exact) mass is 205 g/mol. The minimum atomic E-state index is -0.194. The normalized spacial score (nSPS) is 10.2. The molecule has 0 radical (unpaired) electrons. The molecular formula is C10H11N3O2. The van der Waals surface area contributed by atoms with Gasteiger partial charge >= 0.3 is 0 Å². The summed E-state index contributed by atoms with van der Waals surface area (Å²) in [5.41, 5.74) is 5.98. The maximum Gasteiger partial charge on any atom is 0.273 e. The van der Waals surface area contributed by atoms with E-state index in [0.717, 1.165) is 0 Å². The molecule has 0 saturated heterocycles. The number of nitrogens with one attached hydrogen (secondary N) is 1. The van der Waals surface area contributed by atoms with Gasteiger partial charge in [-0.15, -0.1) is 0 Å². The van der Waals surface area contributed by atoms with Gasteiger partial charge in [0.25, 0.3) is 5.56 Å². The Labute approximate surface area is 86.1 Å². The van der Waals surface area contributed by atoms with Crippen molar-refractivity contribution in [3.63, 3.8) is 0 Å². The van der Waals surface area contributed by atoms with E-state index in [1.165, 1.54) is 10.7 Å². The fourth-order valence-electron chi connectivity index (χ4n) is 1.36. The number of methoxy groups -OCH3 is 1. The van der Waals surface area contributed by atoms with E-state index in [1.807, 2.05) is 0 Å². The molecule has 5 heteroatoms. The highest BCUT2D eigenvalue weighted by Gasteiger charge is 2.03. The first-order chi connectivity index (χ1) is 7.20. The van der Waals surface area contributed by atoms with Crippen LogP contribution in [0.5, 0.6) is 5.75 Å². The number of nitrogens with two attached hydrogens (primary N) is 1. The lowest BCUT2D eigenvalue weighted by atomic mass is 10.3. The third kappa shape index (κ3) is 1.71. The Morgan fingerprint density at radius 3 is 2.80 bits per heavy atom. The Morgan fingerprint density at radius 1 is 1.40 bits per heavy atom. The van der Waals surface area contributed by atoms with Crippen LogP contribution in [0.3, 0.4) is 0 Å². The van der Waals surface area contributed by atoms with Crippen LogP contribution in [-0.4, -0.2) is 16.9 Å². The van der Waals surface area contributed by atoms with E-state index in [2.05, 4.69) is 5.10 Å². The number of rotatable bonds is 2. The zero-order valence-electron chi connectivity index (χ0n) is 8.23. The van der Waals surface area contributed by atoms with Gasteiger partial charge in [-0.3, -0.25) is 9.89 Å². The summed E-state index contributed by atoms with van der Waals surface area (Å²) in [4.78, 5) is 11.5. The molecule has 0 aliphatic rings. The van der Waals surface area contributed by atoms with E-state index in [-0.39, 0.29) is 5.56 Å². The second-order valence-electron chi connectivity index (χ2n) is 3.09. The van der Waals surface area contributed by atoms with Gasteiger partial charge in [-0.25, -0.2) is 4.68 Å². The predicted octanol–water partition coefficient (Wildman–Crippen LogP) is 0.756. The molecule has 0 spiro atoms. The van der Waals surface area contributed by atoms with Crippen LogP contribution in [0.2, 0.25) is 0 Å². The maximum absolute atomic E-state index is 11.5. The summed E-state index contributed by atoms with van der Waals surface area (Å²) in [6.45, 7) is 0. The Kier molecular flexibility index (Phi) is 2.21. The molecule has 3 N–H and O–H groups in total. The number of ether oxygens (including phenoxy) is 1. The third-order valence-corrected chi connectivity index (χ3v) is 2.05. The molecule has 0 amide bonds. The highest BCUT2D eigenvalue weighted by molar-refractivity contribution is 5.40. The number of nitrogens with zero attached hydrogens (tertiary/aromatic N) is 1. The number of H-pyrrole nitrogens is 1. The first-order valence-corrected chi connectivity index (χ1v) is 4.42. The molecule has 2 rings (SSSR count). The van der Waals surface area contributed by atoms with Gasteiger partial charge in [-0.05, 0) is 12.1 Å². The molecular weight excluding hydrogens is 194 g/mol. The van der Waals surface area contributed by atoms with Gasteiger partial charge in [-0.2, -0.15) is 0 Å². The zero-order valence-corrected chi connectivity index (χ0v) is 8.23. The van der Waals surface area contributed by atoms with Gasteiger partial charge in [0.15, 0.2) is 0 Å². The minimum Gasteiger partial charge on any atom is -0.497 e. The van der Waals surface area contributed by atoms with E-state index in [1.54, 1.807) is 31.4 Å². The first kappa shape index (κ1) is 9.39. The average molecular weight is 205 g/mol. The predicted molar refractivity (Wildman–Crippen MR) is 57.4 cm³/mol. The highest BCUT2D eigenvalue weighted by Crippen LogP contribution is 2.14. The van der Waals surface area contributed by atoms with Crippen molar-refractivity contribution in [2.24, 2.45) is 0 Å². The SMILES string of the molecule is COc1cccc(-n2[nH]c(N)cc2=O)c1. The van der Waals surface area contributed by atoms with Crippen molar-refractivity contribution in [3.8, 4) is 11.4 Å². The van der Waals surface area contributed by atoms with Crippen molar-refractivity contribution in [1.82, 2.24) is 9.78 Å².